The summed E-state index contributed by atoms with van der Waals surface area (Å²) >= 11 is 0. The third-order valence-electron chi connectivity index (χ3n) is 3.35. The minimum atomic E-state index is -0.964. The van der Waals surface area contributed by atoms with E-state index in [9.17, 15) is 4.79 Å². The Morgan fingerprint density at radius 3 is 2.41 bits per heavy atom. The molecule has 0 aromatic heterocycles. The molecular weight excluding hydrogens is 222 g/mol. The van der Waals surface area contributed by atoms with Crippen LogP contribution in [0.15, 0.2) is 5.16 Å². The van der Waals surface area contributed by atoms with Crippen molar-refractivity contribution in [3.8, 4) is 0 Å². The molecule has 6 heteroatoms. The van der Waals surface area contributed by atoms with Crippen LogP contribution in [-0.2, 0) is 9.53 Å². The third-order valence-corrected chi connectivity index (χ3v) is 3.35. The number of nitrogens with zero attached hydrogens (tertiary/aromatic N) is 2. The molecule has 0 spiro atoms. The molecule has 17 heavy (non-hydrogen) atoms. The van der Waals surface area contributed by atoms with Gasteiger partial charge in [0.05, 0.1) is 6.10 Å². The lowest BCUT2D eigenvalue weighted by Gasteiger charge is -2.35. The number of carbonyl (C=O) groups excluding carboxylic acids is 1. The summed E-state index contributed by atoms with van der Waals surface area (Å²) in [6.07, 6.45) is 1.88. The van der Waals surface area contributed by atoms with Crippen LogP contribution < -0.4 is 5.73 Å². The van der Waals surface area contributed by atoms with E-state index in [0.717, 1.165) is 12.8 Å². The molecule has 0 bridgehead atoms. The number of ether oxygens (including phenoxy) is 1. The maximum absolute atomic E-state index is 12.2. The van der Waals surface area contributed by atoms with Crippen molar-refractivity contribution in [1.82, 2.24) is 4.90 Å². The number of amidine groups is 1. The molecule has 1 rings (SSSR count). The molecule has 1 saturated heterocycles. The first-order valence-corrected chi connectivity index (χ1v) is 5.73. The van der Waals surface area contributed by atoms with Gasteiger partial charge in [-0.05, 0) is 26.7 Å². The molecule has 0 unspecified atom stereocenters. The van der Waals surface area contributed by atoms with Crippen molar-refractivity contribution < 1.29 is 14.7 Å². The van der Waals surface area contributed by atoms with Crippen LogP contribution in [0.5, 0.6) is 0 Å². The number of likely N-dealkylation sites (tertiary alicyclic amines) is 1. The van der Waals surface area contributed by atoms with Crippen LogP contribution in [0.2, 0.25) is 0 Å². The highest BCUT2D eigenvalue weighted by Crippen LogP contribution is 2.22. The van der Waals surface area contributed by atoms with Gasteiger partial charge in [-0.2, -0.15) is 0 Å². The van der Waals surface area contributed by atoms with Gasteiger partial charge in [0, 0.05) is 20.2 Å². The summed E-state index contributed by atoms with van der Waals surface area (Å²) in [5.74, 6) is -0.168. The highest BCUT2D eigenvalue weighted by molar-refractivity contribution is 6.05. The van der Waals surface area contributed by atoms with E-state index < -0.39 is 5.41 Å². The largest absolute Gasteiger partial charge is 0.409 e. The van der Waals surface area contributed by atoms with Crippen molar-refractivity contribution in [2.75, 3.05) is 20.2 Å². The van der Waals surface area contributed by atoms with Crippen molar-refractivity contribution in [3.05, 3.63) is 0 Å². The van der Waals surface area contributed by atoms with Crippen LogP contribution in [0, 0.1) is 5.41 Å². The molecule has 0 atom stereocenters. The van der Waals surface area contributed by atoms with E-state index in [1.165, 1.54) is 0 Å². The monoisotopic (exact) mass is 243 g/mol. The molecule has 1 heterocycles. The SMILES string of the molecule is COC1CCN(C(=O)C(C)(C)C(N)=NO)CC1. The molecule has 0 aliphatic carbocycles. The molecule has 0 radical (unpaired) electrons. The van der Waals surface area contributed by atoms with E-state index in [-0.39, 0.29) is 17.8 Å². The number of nitrogens with two attached hydrogens (primary N) is 1. The number of hydrogen-bond donors (Lipinski definition) is 2. The topological polar surface area (TPSA) is 88.2 Å². The zero-order chi connectivity index (χ0) is 13.1. The second kappa shape index (κ2) is 5.35. The van der Waals surface area contributed by atoms with Gasteiger partial charge in [0.25, 0.3) is 0 Å². The van der Waals surface area contributed by atoms with Crippen LogP contribution in [0.4, 0.5) is 0 Å². The van der Waals surface area contributed by atoms with Crippen LogP contribution in [-0.4, -0.2) is 48.2 Å². The molecule has 1 amide bonds. The van der Waals surface area contributed by atoms with Crippen molar-refractivity contribution in [1.29, 1.82) is 0 Å². The Kier molecular flexibility index (Phi) is 4.34. The second-order valence-electron chi connectivity index (χ2n) is 4.84. The number of amides is 1. The first kappa shape index (κ1) is 13.8. The Balaban J connectivity index is 2.66. The summed E-state index contributed by atoms with van der Waals surface area (Å²) < 4.78 is 5.25. The number of piperidine rings is 1. The lowest BCUT2D eigenvalue weighted by Crippen LogP contribution is -2.51. The lowest BCUT2D eigenvalue weighted by molar-refractivity contribution is -0.139. The van der Waals surface area contributed by atoms with Gasteiger partial charge in [0.15, 0.2) is 5.84 Å². The maximum atomic E-state index is 12.2. The zero-order valence-electron chi connectivity index (χ0n) is 10.6. The molecule has 98 valence electrons. The Hall–Kier alpha value is -1.30. The third kappa shape index (κ3) is 2.88. The van der Waals surface area contributed by atoms with Gasteiger partial charge in [-0.3, -0.25) is 4.79 Å². The molecule has 0 aromatic carbocycles. The number of oxime groups is 1. The van der Waals surface area contributed by atoms with Crippen molar-refractivity contribution in [2.24, 2.45) is 16.3 Å². The molecule has 6 nitrogen and oxygen atoms in total. The van der Waals surface area contributed by atoms with Crippen LogP contribution >= 0.6 is 0 Å². The Bertz CT molecular complexity index is 307. The summed E-state index contributed by atoms with van der Waals surface area (Å²) in [4.78, 5) is 14.0. The van der Waals surface area contributed by atoms with Crippen molar-refractivity contribution in [2.45, 2.75) is 32.8 Å². The van der Waals surface area contributed by atoms with E-state index in [1.54, 1.807) is 25.9 Å². The fourth-order valence-corrected chi connectivity index (χ4v) is 1.92. The fraction of sp³-hybridized carbons (Fsp3) is 0.818. The van der Waals surface area contributed by atoms with Gasteiger partial charge in [-0.25, -0.2) is 0 Å². The van der Waals surface area contributed by atoms with Gasteiger partial charge in [-0.15, -0.1) is 0 Å². The van der Waals surface area contributed by atoms with E-state index in [4.69, 9.17) is 15.7 Å². The standard InChI is InChI=1S/C11H21N3O3/c1-11(2,9(12)13-16)10(15)14-6-4-8(17-3)5-7-14/h8,16H,4-7H2,1-3H3,(H2,12,13). The number of methoxy groups -OCH3 is 1. The van der Waals surface area contributed by atoms with E-state index in [0.29, 0.717) is 13.1 Å². The summed E-state index contributed by atoms with van der Waals surface area (Å²) in [7, 11) is 1.68. The van der Waals surface area contributed by atoms with E-state index >= 15 is 0 Å². The number of hydrogen-bond acceptors (Lipinski definition) is 4. The summed E-state index contributed by atoms with van der Waals surface area (Å²) in [5, 5.41) is 11.6. The lowest BCUT2D eigenvalue weighted by atomic mass is 9.89. The smallest absolute Gasteiger partial charge is 0.235 e. The fourth-order valence-electron chi connectivity index (χ4n) is 1.92. The van der Waals surface area contributed by atoms with E-state index in [1.807, 2.05) is 0 Å². The Morgan fingerprint density at radius 2 is 2.00 bits per heavy atom. The average molecular weight is 243 g/mol. The number of rotatable bonds is 3. The molecule has 0 saturated carbocycles. The first-order chi connectivity index (χ1) is 7.93. The predicted molar refractivity (Wildman–Crippen MR) is 63.8 cm³/mol. The summed E-state index contributed by atoms with van der Waals surface area (Å²) in [5.41, 5.74) is 4.58. The summed E-state index contributed by atoms with van der Waals surface area (Å²) in [6.45, 7) is 4.62. The highest BCUT2D eigenvalue weighted by Gasteiger charge is 2.37. The molecule has 1 aliphatic rings. The highest BCUT2D eigenvalue weighted by atomic mass is 16.5. The molecule has 1 aliphatic heterocycles. The zero-order valence-corrected chi connectivity index (χ0v) is 10.6. The Labute approximate surface area is 101 Å². The van der Waals surface area contributed by atoms with Crippen LogP contribution in [0.3, 0.4) is 0 Å². The van der Waals surface area contributed by atoms with Gasteiger partial charge >= 0.3 is 0 Å². The normalized spacial score (nSPS) is 19.5. The minimum absolute atomic E-state index is 0.0589. The number of carbonyl (C=O) groups is 1. The van der Waals surface area contributed by atoms with Crippen molar-refractivity contribution in [3.63, 3.8) is 0 Å². The molecule has 1 fully saturated rings. The van der Waals surface area contributed by atoms with E-state index in [2.05, 4.69) is 5.16 Å². The first-order valence-electron chi connectivity index (χ1n) is 5.73. The second-order valence-corrected chi connectivity index (χ2v) is 4.84. The van der Waals surface area contributed by atoms with Gasteiger partial charge in [0.1, 0.15) is 5.41 Å². The van der Waals surface area contributed by atoms with Gasteiger partial charge < -0.3 is 20.6 Å². The van der Waals surface area contributed by atoms with Gasteiger partial charge in [-0.1, -0.05) is 5.16 Å². The Morgan fingerprint density at radius 1 is 1.47 bits per heavy atom. The van der Waals surface area contributed by atoms with Crippen LogP contribution in [0.1, 0.15) is 26.7 Å². The maximum Gasteiger partial charge on any atom is 0.235 e. The predicted octanol–water partition coefficient (Wildman–Crippen LogP) is 0.396. The average Bonchev–Trinajstić information content (AvgIpc) is 2.36. The van der Waals surface area contributed by atoms with Crippen molar-refractivity contribution >= 4 is 11.7 Å². The molecule has 0 aromatic rings. The molecule has 3 N–H and O–H groups in total. The van der Waals surface area contributed by atoms with Gasteiger partial charge in [0.2, 0.25) is 5.91 Å². The molecular formula is C11H21N3O3. The van der Waals surface area contributed by atoms with Crippen LogP contribution in [0.25, 0.3) is 0 Å². The quantitative estimate of drug-likeness (QED) is 0.325. The summed E-state index contributed by atoms with van der Waals surface area (Å²) in [6, 6.07) is 0. The minimum Gasteiger partial charge on any atom is -0.409 e.